The third kappa shape index (κ3) is 3.53. The van der Waals surface area contributed by atoms with E-state index in [1.54, 1.807) is 18.2 Å². The highest BCUT2D eigenvalue weighted by atomic mass is 35.5. The van der Waals surface area contributed by atoms with Crippen LogP contribution in [0.3, 0.4) is 0 Å². The first-order valence-electron chi connectivity index (χ1n) is 3.45. The zero-order chi connectivity index (χ0) is 9.84. The van der Waals surface area contributed by atoms with E-state index < -0.39 is 6.09 Å². The summed E-state index contributed by atoms with van der Waals surface area (Å²) in [6.45, 7) is 0.0790. The number of ether oxygens (including phenoxy) is 1. The summed E-state index contributed by atoms with van der Waals surface area (Å²) in [7, 11) is 0. The van der Waals surface area contributed by atoms with E-state index >= 15 is 0 Å². The normalized spacial score (nSPS) is 9.69. The molecule has 0 atom stereocenters. The molecular formula is C8H7Cl2NO2. The number of carbonyl (C=O) groups excluding carboxylic acids is 1. The van der Waals surface area contributed by atoms with Crippen LogP contribution in [0.25, 0.3) is 0 Å². The van der Waals surface area contributed by atoms with Crippen LogP contribution in [0, 0.1) is 0 Å². The molecule has 70 valence electrons. The minimum Gasteiger partial charge on any atom is -0.445 e. The fraction of sp³-hybridized carbons (Fsp3) is 0.125. The second kappa shape index (κ2) is 4.35. The van der Waals surface area contributed by atoms with Crippen molar-refractivity contribution in [1.82, 2.24) is 0 Å². The molecule has 0 bridgehead atoms. The number of rotatable bonds is 2. The van der Waals surface area contributed by atoms with Gasteiger partial charge in [-0.3, -0.25) is 0 Å². The van der Waals surface area contributed by atoms with Gasteiger partial charge < -0.3 is 10.5 Å². The first-order chi connectivity index (χ1) is 6.08. The average Bonchev–Trinajstić information content (AvgIpc) is 1.99. The molecule has 1 amide bonds. The van der Waals surface area contributed by atoms with Crippen molar-refractivity contribution in [3.05, 3.63) is 33.8 Å². The van der Waals surface area contributed by atoms with E-state index in [1.165, 1.54) is 0 Å². The summed E-state index contributed by atoms with van der Waals surface area (Å²) in [5.41, 5.74) is 5.49. The first kappa shape index (κ1) is 10.2. The minimum absolute atomic E-state index is 0.0790. The zero-order valence-corrected chi connectivity index (χ0v) is 8.10. The topological polar surface area (TPSA) is 52.3 Å². The number of amides is 1. The van der Waals surface area contributed by atoms with Crippen molar-refractivity contribution in [3.8, 4) is 0 Å². The number of nitrogens with two attached hydrogens (primary N) is 1. The maximum atomic E-state index is 10.3. The summed E-state index contributed by atoms with van der Waals surface area (Å²) in [4.78, 5) is 10.3. The number of carbonyl (C=O) groups is 1. The molecule has 0 aliphatic heterocycles. The second-order valence-corrected chi connectivity index (χ2v) is 3.26. The molecule has 0 aliphatic rings. The van der Waals surface area contributed by atoms with Crippen molar-refractivity contribution < 1.29 is 9.53 Å². The van der Waals surface area contributed by atoms with Crippen LogP contribution in [0.2, 0.25) is 10.0 Å². The number of hydrogen-bond acceptors (Lipinski definition) is 2. The molecule has 5 heteroatoms. The lowest BCUT2D eigenvalue weighted by atomic mass is 10.2. The van der Waals surface area contributed by atoms with E-state index in [1.807, 2.05) is 0 Å². The molecule has 13 heavy (non-hydrogen) atoms. The lowest BCUT2D eigenvalue weighted by Gasteiger charge is -2.02. The molecule has 0 spiro atoms. The summed E-state index contributed by atoms with van der Waals surface area (Å²) < 4.78 is 4.56. The van der Waals surface area contributed by atoms with Crippen molar-refractivity contribution in [2.75, 3.05) is 0 Å². The van der Waals surface area contributed by atoms with Crippen molar-refractivity contribution >= 4 is 29.3 Å². The van der Waals surface area contributed by atoms with Crippen molar-refractivity contribution in [1.29, 1.82) is 0 Å². The third-order valence-electron chi connectivity index (χ3n) is 1.30. The van der Waals surface area contributed by atoms with Crippen molar-refractivity contribution in [2.24, 2.45) is 5.73 Å². The Labute approximate surface area is 85.4 Å². The third-order valence-corrected chi connectivity index (χ3v) is 1.74. The number of primary amides is 1. The fourth-order valence-electron chi connectivity index (χ4n) is 0.849. The highest BCUT2D eigenvalue weighted by Crippen LogP contribution is 2.19. The van der Waals surface area contributed by atoms with Gasteiger partial charge in [0.15, 0.2) is 0 Å². The van der Waals surface area contributed by atoms with Crippen LogP contribution >= 0.6 is 23.2 Å². The summed E-state index contributed by atoms with van der Waals surface area (Å²) in [5, 5.41) is 0.992. The molecule has 0 aliphatic carbocycles. The Morgan fingerprint density at radius 1 is 1.31 bits per heavy atom. The maximum absolute atomic E-state index is 10.3. The zero-order valence-electron chi connectivity index (χ0n) is 6.59. The predicted octanol–water partition coefficient (Wildman–Crippen LogP) is 2.59. The van der Waals surface area contributed by atoms with E-state index in [9.17, 15) is 4.79 Å². The molecule has 3 nitrogen and oxygen atoms in total. The van der Waals surface area contributed by atoms with Crippen LogP contribution in [0.4, 0.5) is 4.79 Å². The van der Waals surface area contributed by atoms with Gasteiger partial charge in [0.05, 0.1) is 0 Å². The molecule has 0 aromatic heterocycles. The fourth-order valence-corrected chi connectivity index (χ4v) is 1.42. The molecule has 0 fully saturated rings. The average molecular weight is 220 g/mol. The van der Waals surface area contributed by atoms with Gasteiger partial charge >= 0.3 is 6.09 Å². The SMILES string of the molecule is NC(=O)OCc1cc(Cl)cc(Cl)c1. The van der Waals surface area contributed by atoms with Gasteiger partial charge in [0.2, 0.25) is 0 Å². The quantitative estimate of drug-likeness (QED) is 0.832. The molecule has 1 rings (SSSR count). The van der Waals surface area contributed by atoms with Gasteiger partial charge in [-0.1, -0.05) is 23.2 Å². The molecule has 0 unspecified atom stereocenters. The Bertz CT molecular complexity index is 308. The van der Waals surface area contributed by atoms with Gasteiger partial charge in [-0.2, -0.15) is 0 Å². The van der Waals surface area contributed by atoms with Crippen LogP contribution in [0.15, 0.2) is 18.2 Å². The number of halogens is 2. The summed E-state index contributed by atoms with van der Waals surface area (Å²) >= 11 is 11.4. The molecule has 2 N–H and O–H groups in total. The highest BCUT2D eigenvalue weighted by molar-refractivity contribution is 6.34. The van der Waals surface area contributed by atoms with Gasteiger partial charge in [0.25, 0.3) is 0 Å². The Balaban J connectivity index is 2.71. The van der Waals surface area contributed by atoms with E-state index in [0.717, 1.165) is 0 Å². The summed E-state index contributed by atoms with van der Waals surface area (Å²) in [6.07, 6.45) is -0.823. The molecule has 0 heterocycles. The van der Waals surface area contributed by atoms with Crippen molar-refractivity contribution in [3.63, 3.8) is 0 Å². The highest BCUT2D eigenvalue weighted by Gasteiger charge is 2.00. The standard InChI is InChI=1S/C8H7Cl2NO2/c9-6-1-5(2-7(10)3-6)4-13-8(11)12/h1-3H,4H2,(H2,11,12). The monoisotopic (exact) mass is 219 g/mol. The molecule has 1 aromatic carbocycles. The van der Waals surface area contributed by atoms with Gasteiger partial charge in [-0.25, -0.2) is 4.79 Å². The largest absolute Gasteiger partial charge is 0.445 e. The summed E-state index contributed by atoms with van der Waals surface area (Å²) in [5.74, 6) is 0. The Morgan fingerprint density at radius 2 is 1.85 bits per heavy atom. The van der Waals surface area contributed by atoms with Crippen LogP contribution < -0.4 is 5.73 Å². The lowest BCUT2D eigenvalue weighted by Crippen LogP contribution is -2.12. The van der Waals surface area contributed by atoms with Crippen LogP contribution in [-0.2, 0) is 11.3 Å². The smallest absolute Gasteiger partial charge is 0.404 e. The first-order valence-corrected chi connectivity index (χ1v) is 4.21. The van der Waals surface area contributed by atoms with Crippen LogP contribution in [0.1, 0.15) is 5.56 Å². The second-order valence-electron chi connectivity index (χ2n) is 2.39. The van der Waals surface area contributed by atoms with Crippen LogP contribution in [0.5, 0.6) is 0 Å². The number of benzene rings is 1. The number of hydrogen-bond donors (Lipinski definition) is 1. The van der Waals surface area contributed by atoms with E-state index in [2.05, 4.69) is 4.74 Å². The Kier molecular flexibility index (Phi) is 3.39. The van der Waals surface area contributed by atoms with E-state index in [4.69, 9.17) is 28.9 Å². The predicted molar refractivity (Wildman–Crippen MR) is 50.8 cm³/mol. The maximum Gasteiger partial charge on any atom is 0.404 e. The Morgan fingerprint density at radius 3 is 2.31 bits per heavy atom. The molecule has 1 aromatic rings. The minimum atomic E-state index is -0.823. The molecular weight excluding hydrogens is 213 g/mol. The lowest BCUT2D eigenvalue weighted by molar-refractivity contribution is 0.150. The van der Waals surface area contributed by atoms with Gasteiger partial charge in [0.1, 0.15) is 6.61 Å². The molecule has 0 saturated heterocycles. The van der Waals surface area contributed by atoms with Gasteiger partial charge in [-0.05, 0) is 23.8 Å². The van der Waals surface area contributed by atoms with E-state index in [-0.39, 0.29) is 6.61 Å². The van der Waals surface area contributed by atoms with E-state index in [0.29, 0.717) is 15.6 Å². The summed E-state index contributed by atoms with van der Waals surface area (Å²) in [6, 6.07) is 4.89. The molecule has 0 radical (unpaired) electrons. The molecule has 0 saturated carbocycles. The van der Waals surface area contributed by atoms with Crippen molar-refractivity contribution in [2.45, 2.75) is 6.61 Å². The Hall–Kier alpha value is -0.930. The van der Waals surface area contributed by atoms with Gasteiger partial charge in [0, 0.05) is 10.0 Å². The van der Waals surface area contributed by atoms with Crippen LogP contribution in [-0.4, -0.2) is 6.09 Å². The van der Waals surface area contributed by atoms with Gasteiger partial charge in [-0.15, -0.1) is 0 Å².